The third kappa shape index (κ3) is 7.89. The van der Waals surface area contributed by atoms with Crippen LogP contribution in [-0.2, 0) is 34.5 Å². The second-order valence-corrected chi connectivity index (χ2v) is 9.69. The lowest BCUT2D eigenvalue weighted by molar-refractivity contribution is -0.140. The number of hydrogen-bond acceptors (Lipinski definition) is 5. The maximum absolute atomic E-state index is 13.0. The highest BCUT2D eigenvalue weighted by molar-refractivity contribution is 6.38. The molecular formula is C28H36N6O4. The van der Waals surface area contributed by atoms with Crippen molar-refractivity contribution in [3.05, 3.63) is 66.0 Å². The molecule has 3 aromatic rings. The number of benzene rings is 2. The lowest BCUT2D eigenvalue weighted by Gasteiger charge is -2.23. The molecule has 1 heterocycles. The van der Waals surface area contributed by atoms with Crippen LogP contribution in [0.5, 0.6) is 0 Å². The van der Waals surface area contributed by atoms with Gasteiger partial charge in [-0.3, -0.25) is 14.4 Å². The Morgan fingerprint density at radius 1 is 0.895 bits per heavy atom. The molecule has 0 aliphatic carbocycles. The van der Waals surface area contributed by atoms with Gasteiger partial charge in [0.2, 0.25) is 11.7 Å². The number of Topliss-reactive ketones (excluding diaryl/α,β-unsaturated/α-hetero) is 1. The van der Waals surface area contributed by atoms with Crippen LogP contribution in [0.4, 0.5) is 4.79 Å². The number of aromatic nitrogens is 2. The Balaban J connectivity index is 1.55. The number of hydrogen-bond donors (Lipinski definition) is 4. The van der Waals surface area contributed by atoms with E-state index in [4.69, 9.17) is 0 Å². The predicted molar refractivity (Wildman–Crippen MR) is 145 cm³/mol. The van der Waals surface area contributed by atoms with Gasteiger partial charge in [0.1, 0.15) is 6.04 Å². The van der Waals surface area contributed by atoms with Gasteiger partial charge in [0, 0.05) is 20.1 Å². The number of carbonyl (C=O) groups excluding carboxylic acids is 4. The van der Waals surface area contributed by atoms with E-state index in [1.807, 2.05) is 74.0 Å². The number of fused-ring (bicyclic) bond motifs is 1. The van der Waals surface area contributed by atoms with E-state index in [1.54, 1.807) is 13.3 Å². The van der Waals surface area contributed by atoms with Crippen LogP contribution >= 0.6 is 0 Å². The van der Waals surface area contributed by atoms with E-state index in [-0.39, 0.29) is 18.9 Å². The van der Waals surface area contributed by atoms with Gasteiger partial charge in [0.25, 0.3) is 5.91 Å². The van der Waals surface area contributed by atoms with Gasteiger partial charge in [-0.15, -0.1) is 0 Å². The van der Waals surface area contributed by atoms with Gasteiger partial charge in [-0.2, -0.15) is 0 Å². The summed E-state index contributed by atoms with van der Waals surface area (Å²) in [6.45, 7) is 6.04. The summed E-state index contributed by atoms with van der Waals surface area (Å²) >= 11 is 0. The summed E-state index contributed by atoms with van der Waals surface area (Å²) in [5, 5.41) is 10.7. The quantitative estimate of drug-likeness (QED) is 0.272. The van der Waals surface area contributed by atoms with Crippen molar-refractivity contribution in [3.63, 3.8) is 0 Å². The van der Waals surface area contributed by atoms with Gasteiger partial charge in [-0.25, -0.2) is 9.78 Å². The molecule has 2 atom stereocenters. The SMILES string of the molecule is CCC(NC(=O)C(CC(C)C)NC(=O)NCc1ccccc1)C(=O)C(=O)NCc1ccc2c(c1)ncn2C. The van der Waals surface area contributed by atoms with Crippen LogP contribution in [0.3, 0.4) is 0 Å². The third-order valence-electron chi connectivity index (χ3n) is 6.13. The summed E-state index contributed by atoms with van der Waals surface area (Å²) < 4.78 is 1.89. The molecule has 0 aliphatic heterocycles. The summed E-state index contributed by atoms with van der Waals surface area (Å²) in [7, 11) is 1.90. The van der Waals surface area contributed by atoms with Gasteiger partial charge in [-0.05, 0) is 42.0 Å². The number of ketones is 1. The zero-order valence-electron chi connectivity index (χ0n) is 22.3. The lowest BCUT2D eigenvalue weighted by Crippen LogP contribution is -2.55. The van der Waals surface area contributed by atoms with Crippen molar-refractivity contribution in [2.24, 2.45) is 13.0 Å². The van der Waals surface area contributed by atoms with Gasteiger partial charge >= 0.3 is 6.03 Å². The van der Waals surface area contributed by atoms with Crippen molar-refractivity contribution in [1.82, 2.24) is 30.8 Å². The van der Waals surface area contributed by atoms with E-state index in [0.717, 1.165) is 22.2 Å². The standard InChI is InChI=1S/C28H36N6O4/c1-5-21(25(35)27(37)29-16-20-11-12-24-22(14-20)31-17-34(24)4)32-26(36)23(13-18(2)3)33-28(38)30-15-19-9-7-6-8-10-19/h6-12,14,17-18,21,23H,5,13,15-16H2,1-4H3,(H,29,37)(H,32,36)(H2,30,33,38). The smallest absolute Gasteiger partial charge is 0.315 e. The van der Waals surface area contributed by atoms with Crippen molar-refractivity contribution in [2.75, 3.05) is 0 Å². The Kier molecular flexibility index (Phi) is 9.98. The molecule has 0 aliphatic rings. The first kappa shape index (κ1) is 28.4. The van der Waals surface area contributed by atoms with Crippen molar-refractivity contribution in [2.45, 2.75) is 58.8 Å². The van der Waals surface area contributed by atoms with Crippen LogP contribution in [0.15, 0.2) is 54.9 Å². The fourth-order valence-electron chi connectivity index (χ4n) is 4.04. The topological polar surface area (TPSA) is 134 Å². The van der Waals surface area contributed by atoms with E-state index in [1.165, 1.54) is 0 Å². The molecule has 0 fully saturated rings. The normalized spacial score (nSPS) is 12.6. The molecule has 4 N–H and O–H groups in total. The van der Waals surface area contributed by atoms with E-state index >= 15 is 0 Å². The molecule has 0 saturated carbocycles. The third-order valence-corrected chi connectivity index (χ3v) is 6.13. The molecule has 38 heavy (non-hydrogen) atoms. The minimum absolute atomic E-state index is 0.107. The number of amides is 4. The van der Waals surface area contributed by atoms with Crippen LogP contribution in [-0.4, -0.2) is 45.3 Å². The van der Waals surface area contributed by atoms with Crippen molar-refractivity contribution >= 4 is 34.7 Å². The van der Waals surface area contributed by atoms with E-state index in [9.17, 15) is 19.2 Å². The second-order valence-electron chi connectivity index (χ2n) is 9.69. The van der Waals surface area contributed by atoms with Crippen LogP contribution in [0.1, 0.15) is 44.7 Å². The summed E-state index contributed by atoms with van der Waals surface area (Å²) in [4.78, 5) is 55.2. The number of nitrogens with one attached hydrogen (secondary N) is 4. The molecule has 1 aromatic heterocycles. The Morgan fingerprint density at radius 2 is 1.61 bits per heavy atom. The Bertz CT molecular complexity index is 1270. The van der Waals surface area contributed by atoms with Crippen LogP contribution < -0.4 is 21.3 Å². The number of rotatable bonds is 12. The van der Waals surface area contributed by atoms with E-state index in [2.05, 4.69) is 26.3 Å². The molecule has 3 rings (SSSR count). The van der Waals surface area contributed by atoms with Gasteiger partial charge in [0.15, 0.2) is 0 Å². The molecule has 10 heteroatoms. The largest absolute Gasteiger partial charge is 0.345 e. The first-order chi connectivity index (χ1) is 18.2. The summed E-state index contributed by atoms with van der Waals surface area (Å²) in [6.07, 6.45) is 2.31. The average Bonchev–Trinajstić information content (AvgIpc) is 3.28. The van der Waals surface area contributed by atoms with Crippen molar-refractivity contribution in [1.29, 1.82) is 0 Å². The molecular weight excluding hydrogens is 484 g/mol. The summed E-state index contributed by atoms with van der Waals surface area (Å²) in [5.74, 6) is -1.93. The van der Waals surface area contributed by atoms with Gasteiger partial charge in [0.05, 0.1) is 23.4 Å². The first-order valence-electron chi connectivity index (χ1n) is 12.8. The summed E-state index contributed by atoms with van der Waals surface area (Å²) in [6, 6.07) is 12.7. The molecule has 0 spiro atoms. The second kappa shape index (κ2) is 13.4. The van der Waals surface area contributed by atoms with Crippen LogP contribution in [0.2, 0.25) is 0 Å². The molecule has 0 bridgehead atoms. The highest BCUT2D eigenvalue weighted by Crippen LogP contribution is 2.14. The molecule has 4 amide bonds. The Labute approximate surface area is 222 Å². The lowest BCUT2D eigenvalue weighted by atomic mass is 10.0. The van der Waals surface area contributed by atoms with Gasteiger partial charge in [-0.1, -0.05) is 57.2 Å². The zero-order valence-corrected chi connectivity index (χ0v) is 22.3. The van der Waals surface area contributed by atoms with E-state index in [0.29, 0.717) is 13.0 Å². The summed E-state index contributed by atoms with van der Waals surface area (Å²) in [5.41, 5.74) is 3.48. The monoisotopic (exact) mass is 520 g/mol. The molecule has 202 valence electrons. The number of carbonyl (C=O) groups is 4. The van der Waals surface area contributed by atoms with Crippen LogP contribution in [0, 0.1) is 5.92 Å². The number of aryl methyl sites for hydroxylation is 1. The first-order valence-corrected chi connectivity index (χ1v) is 12.8. The number of urea groups is 1. The van der Waals surface area contributed by atoms with Crippen LogP contribution in [0.25, 0.3) is 11.0 Å². The van der Waals surface area contributed by atoms with Gasteiger partial charge < -0.3 is 25.8 Å². The predicted octanol–water partition coefficient (Wildman–Crippen LogP) is 2.57. The molecule has 0 saturated heterocycles. The molecule has 2 aromatic carbocycles. The maximum Gasteiger partial charge on any atom is 0.315 e. The maximum atomic E-state index is 13.0. The highest BCUT2D eigenvalue weighted by atomic mass is 16.2. The van der Waals surface area contributed by atoms with Crippen molar-refractivity contribution < 1.29 is 19.2 Å². The molecule has 2 unspecified atom stereocenters. The zero-order chi connectivity index (χ0) is 27.7. The molecule has 0 radical (unpaired) electrons. The Morgan fingerprint density at radius 3 is 2.29 bits per heavy atom. The minimum Gasteiger partial charge on any atom is -0.345 e. The fraction of sp³-hybridized carbons (Fsp3) is 0.393. The fourth-order valence-corrected chi connectivity index (χ4v) is 4.04. The van der Waals surface area contributed by atoms with E-state index < -0.39 is 35.7 Å². The average molecular weight is 521 g/mol. The highest BCUT2D eigenvalue weighted by Gasteiger charge is 2.29. The number of nitrogens with zero attached hydrogens (tertiary/aromatic N) is 2. The Hall–Kier alpha value is -4.21. The molecule has 10 nitrogen and oxygen atoms in total. The minimum atomic E-state index is -1.01. The number of imidazole rings is 1. The van der Waals surface area contributed by atoms with Crippen molar-refractivity contribution in [3.8, 4) is 0 Å².